The third-order valence-corrected chi connectivity index (χ3v) is 4.39. The Labute approximate surface area is 126 Å². The number of amides is 1. The SMILES string of the molecule is C[C@@H](C(=O)N1CCCC1c1ccccc1)c1ccccc1. The Morgan fingerprint density at radius 3 is 2.33 bits per heavy atom. The van der Waals surface area contributed by atoms with Crippen molar-refractivity contribution >= 4 is 5.91 Å². The second kappa shape index (κ2) is 6.13. The van der Waals surface area contributed by atoms with Gasteiger partial charge < -0.3 is 4.90 Å². The van der Waals surface area contributed by atoms with Crippen LogP contribution in [0.4, 0.5) is 0 Å². The second-order valence-corrected chi connectivity index (χ2v) is 5.73. The monoisotopic (exact) mass is 279 g/mol. The minimum absolute atomic E-state index is 0.0736. The highest BCUT2D eigenvalue weighted by atomic mass is 16.2. The summed E-state index contributed by atoms with van der Waals surface area (Å²) in [6.07, 6.45) is 2.16. The van der Waals surface area contributed by atoms with Crippen LogP contribution in [0.25, 0.3) is 0 Å². The normalized spacial score (nSPS) is 19.5. The van der Waals surface area contributed by atoms with Crippen LogP contribution in [0.3, 0.4) is 0 Å². The molecule has 0 bridgehead atoms. The minimum Gasteiger partial charge on any atom is -0.335 e. The van der Waals surface area contributed by atoms with Gasteiger partial charge in [0.1, 0.15) is 0 Å². The highest BCUT2D eigenvalue weighted by molar-refractivity contribution is 5.84. The van der Waals surface area contributed by atoms with Crippen molar-refractivity contribution in [2.24, 2.45) is 0 Å². The van der Waals surface area contributed by atoms with Crippen LogP contribution in [-0.4, -0.2) is 17.4 Å². The topological polar surface area (TPSA) is 20.3 Å². The van der Waals surface area contributed by atoms with Gasteiger partial charge >= 0.3 is 0 Å². The maximum Gasteiger partial charge on any atom is 0.230 e. The molecule has 2 aromatic carbocycles. The molecule has 0 radical (unpaired) electrons. The van der Waals surface area contributed by atoms with Crippen molar-refractivity contribution in [3.05, 3.63) is 71.8 Å². The van der Waals surface area contributed by atoms with Gasteiger partial charge in [0, 0.05) is 6.54 Å². The van der Waals surface area contributed by atoms with Crippen molar-refractivity contribution in [1.82, 2.24) is 4.90 Å². The molecule has 0 spiro atoms. The molecule has 2 nitrogen and oxygen atoms in total. The molecule has 0 aromatic heterocycles. The molecule has 108 valence electrons. The Balaban J connectivity index is 1.81. The Morgan fingerprint density at radius 2 is 1.67 bits per heavy atom. The first kappa shape index (κ1) is 13.9. The Morgan fingerprint density at radius 1 is 1.05 bits per heavy atom. The average Bonchev–Trinajstić information content (AvgIpc) is 3.04. The van der Waals surface area contributed by atoms with E-state index >= 15 is 0 Å². The summed E-state index contributed by atoms with van der Waals surface area (Å²) in [5.41, 5.74) is 2.35. The Hall–Kier alpha value is -2.09. The van der Waals surface area contributed by atoms with Gasteiger partial charge in [0.05, 0.1) is 12.0 Å². The van der Waals surface area contributed by atoms with Gasteiger partial charge in [0.25, 0.3) is 0 Å². The smallest absolute Gasteiger partial charge is 0.230 e. The summed E-state index contributed by atoms with van der Waals surface area (Å²) < 4.78 is 0. The summed E-state index contributed by atoms with van der Waals surface area (Å²) in [6, 6.07) is 20.7. The van der Waals surface area contributed by atoms with E-state index in [2.05, 4.69) is 29.2 Å². The number of likely N-dealkylation sites (tertiary alicyclic amines) is 1. The average molecular weight is 279 g/mol. The van der Waals surface area contributed by atoms with E-state index in [1.54, 1.807) is 0 Å². The molecule has 1 unspecified atom stereocenters. The lowest BCUT2D eigenvalue weighted by atomic mass is 9.98. The quantitative estimate of drug-likeness (QED) is 0.826. The van der Waals surface area contributed by atoms with Crippen molar-refractivity contribution in [2.75, 3.05) is 6.54 Å². The molecule has 21 heavy (non-hydrogen) atoms. The van der Waals surface area contributed by atoms with E-state index < -0.39 is 0 Å². The summed E-state index contributed by atoms with van der Waals surface area (Å²) in [4.78, 5) is 14.9. The van der Waals surface area contributed by atoms with Crippen LogP contribution in [0.1, 0.15) is 42.9 Å². The van der Waals surface area contributed by atoms with Gasteiger partial charge in [0.2, 0.25) is 5.91 Å². The summed E-state index contributed by atoms with van der Waals surface area (Å²) in [5, 5.41) is 0. The van der Waals surface area contributed by atoms with E-state index in [0.717, 1.165) is 24.9 Å². The van der Waals surface area contributed by atoms with Crippen molar-refractivity contribution in [3.8, 4) is 0 Å². The number of hydrogen-bond acceptors (Lipinski definition) is 1. The summed E-state index contributed by atoms with van der Waals surface area (Å²) in [7, 11) is 0. The molecule has 3 rings (SSSR count). The van der Waals surface area contributed by atoms with Crippen LogP contribution < -0.4 is 0 Å². The lowest BCUT2D eigenvalue weighted by molar-refractivity contribution is -0.133. The van der Waals surface area contributed by atoms with E-state index in [9.17, 15) is 4.79 Å². The molecule has 1 fully saturated rings. The van der Waals surface area contributed by atoms with Gasteiger partial charge in [-0.1, -0.05) is 60.7 Å². The van der Waals surface area contributed by atoms with Crippen LogP contribution in [-0.2, 0) is 4.79 Å². The van der Waals surface area contributed by atoms with Gasteiger partial charge in [-0.25, -0.2) is 0 Å². The maximum absolute atomic E-state index is 12.9. The number of carbonyl (C=O) groups is 1. The van der Waals surface area contributed by atoms with Gasteiger partial charge in [0.15, 0.2) is 0 Å². The minimum atomic E-state index is -0.0736. The zero-order valence-electron chi connectivity index (χ0n) is 12.4. The first-order valence-electron chi connectivity index (χ1n) is 7.68. The highest BCUT2D eigenvalue weighted by Crippen LogP contribution is 2.34. The Kier molecular flexibility index (Phi) is 4.05. The fourth-order valence-electron chi connectivity index (χ4n) is 3.19. The maximum atomic E-state index is 12.9. The predicted octanol–water partition coefficient (Wildman–Crippen LogP) is 4.15. The van der Waals surface area contributed by atoms with Gasteiger partial charge in [-0.3, -0.25) is 4.79 Å². The lowest BCUT2D eigenvalue weighted by Gasteiger charge is -2.28. The van der Waals surface area contributed by atoms with Crippen molar-refractivity contribution < 1.29 is 4.79 Å². The number of nitrogens with zero attached hydrogens (tertiary/aromatic N) is 1. The van der Waals surface area contributed by atoms with E-state index in [1.165, 1.54) is 5.56 Å². The number of hydrogen-bond donors (Lipinski definition) is 0. The molecule has 0 N–H and O–H groups in total. The summed E-state index contributed by atoms with van der Waals surface area (Å²) >= 11 is 0. The van der Waals surface area contributed by atoms with Crippen molar-refractivity contribution in [3.63, 3.8) is 0 Å². The van der Waals surface area contributed by atoms with Crippen molar-refractivity contribution in [2.45, 2.75) is 31.7 Å². The standard InChI is InChI=1S/C19H21NO/c1-15(16-9-4-2-5-10-16)19(21)20-14-8-13-18(20)17-11-6-3-7-12-17/h2-7,9-12,15,18H,8,13-14H2,1H3/t15-,18?/m1/s1. The zero-order chi connectivity index (χ0) is 14.7. The fourth-order valence-corrected chi connectivity index (χ4v) is 3.19. The van der Waals surface area contributed by atoms with E-state index in [-0.39, 0.29) is 17.9 Å². The number of rotatable bonds is 3. The Bertz CT molecular complexity index is 593. The van der Waals surface area contributed by atoms with Crippen molar-refractivity contribution in [1.29, 1.82) is 0 Å². The van der Waals surface area contributed by atoms with E-state index in [1.807, 2.05) is 43.3 Å². The summed E-state index contributed by atoms with van der Waals surface area (Å²) in [6.45, 7) is 2.88. The third kappa shape index (κ3) is 2.85. The zero-order valence-corrected chi connectivity index (χ0v) is 12.4. The van der Waals surface area contributed by atoms with E-state index in [0.29, 0.717) is 0 Å². The molecule has 2 atom stereocenters. The van der Waals surface area contributed by atoms with Gasteiger partial charge in [-0.05, 0) is 30.9 Å². The molecule has 1 saturated heterocycles. The summed E-state index contributed by atoms with van der Waals surface area (Å²) in [5.74, 6) is 0.170. The molecule has 2 heteroatoms. The molecule has 2 aromatic rings. The number of benzene rings is 2. The van der Waals surface area contributed by atoms with Crippen LogP contribution in [0.15, 0.2) is 60.7 Å². The molecule has 1 aliphatic heterocycles. The van der Waals surface area contributed by atoms with Crippen LogP contribution in [0.5, 0.6) is 0 Å². The van der Waals surface area contributed by atoms with Crippen LogP contribution >= 0.6 is 0 Å². The first-order valence-corrected chi connectivity index (χ1v) is 7.68. The number of carbonyl (C=O) groups excluding carboxylic acids is 1. The fraction of sp³-hybridized carbons (Fsp3) is 0.316. The second-order valence-electron chi connectivity index (χ2n) is 5.73. The largest absolute Gasteiger partial charge is 0.335 e. The van der Waals surface area contributed by atoms with Crippen LogP contribution in [0.2, 0.25) is 0 Å². The molecule has 0 saturated carbocycles. The van der Waals surface area contributed by atoms with Crippen LogP contribution in [0, 0.1) is 0 Å². The third-order valence-electron chi connectivity index (χ3n) is 4.39. The molecule has 1 aliphatic rings. The predicted molar refractivity (Wildman–Crippen MR) is 85.0 cm³/mol. The lowest BCUT2D eigenvalue weighted by Crippen LogP contribution is -2.33. The molecular formula is C19H21NO. The van der Waals surface area contributed by atoms with Gasteiger partial charge in [-0.15, -0.1) is 0 Å². The first-order chi connectivity index (χ1) is 10.3. The molecular weight excluding hydrogens is 258 g/mol. The van der Waals surface area contributed by atoms with E-state index in [4.69, 9.17) is 0 Å². The van der Waals surface area contributed by atoms with Gasteiger partial charge in [-0.2, -0.15) is 0 Å². The molecule has 1 heterocycles. The molecule has 1 amide bonds. The molecule has 0 aliphatic carbocycles. The highest BCUT2D eigenvalue weighted by Gasteiger charge is 2.32.